The van der Waals surface area contributed by atoms with Crippen LogP contribution in [0, 0.1) is 0 Å². The van der Waals surface area contributed by atoms with Crippen LogP contribution in [0.1, 0.15) is 33.1 Å². The van der Waals surface area contributed by atoms with Crippen molar-refractivity contribution in [1.29, 1.82) is 0 Å². The molecule has 14 heavy (non-hydrogen) atoms. The molecule has 0 unspecified atom stereocenters. The van der Waals surface area contributed by atoms with Gasteiger partial charge in [-0.05, 0) is 19.8 Å². The molecule has 0 saturated carbocycles. The van der Waals surface area contributed by atoms with Crippen molar-refractivity contribution < 1.29 is 9.53 Å². The minimum Gasteiger partial charge on any atom is -0.381 e. The number of halogens is 1. The molecule has 0 radical (unpaired) electrons. The lowest BCUT2D eigenvalue weighted by Crippen LogP contribution is -2.30. The highest BCUT2D eigenvalue weighted by molar-refractivity contribution is 6.30. The van der Waals surface area contributed by atoms with Crippen LogP contribution < -0.4 is 5.32 Å². The van der Waals surface area contributed by atoms with Gasteiger partial charge in [-0.2, -0.15) is 0 Å². The van der Waals surface area contributed by atoms with Gasteiger partial charge in [-0.25, -0.2) is 0 Å². The van der Waals surface area contributed by atoms with E-state index in [1.807, 2.05) is 0 Å². The Morgan fingerprint density at radius 2 is 2.07 bits per heavy atom. The first-order chi connectivity index (χ1) is 6.68. The summed E-state index contributed by atoms with van der Waals surface area (Å²) in [5, 5.41) is 2.27. The molecule has 84 valence electrons. The second-order valence-corrected chi connectivity index (χ2v) is 3.88. The van der Waals surface area contributed by atoms with E-state index in [2.05, 4.69) is 12.2 Å². The van der Waals surface area contributed by atoms with Crippen LogP contribution in [0.4, 0.5) is 0 Å². The first-order valence-corrected chi connectivity index (χ1v) is 5.61. The molecule has 0 saturated heterocycles. The number of alkyl halides is 1. The molecule has 0 aromatic carbocycles. The Morgan fingerprint density at radius 1 is 1.43 bits per heavy atom. The van der Waals surface area contributed by atoms with Crippen LogP contribution in [0.3, 0.4) is 0 Å². The third-order valence-electron chi connectivity index (χ3n) is 1.77. The molecule has 1 amide bonds. The number of hydrogen-bond acceptors (Lipinski definition) is 2. The maximum absolute atomic E-state index is 11.0. The lowest BCUT2D eigenvalue weighted by molar-refractivity contribution is -0.120. The average Bonchev–Trinajstić information content (AvgIpc) is 2.16. The monoisotopic (exact) mass is 221 g/mol. The van der Waals surface area contributed by atoms with Gasteiger partial charge in [0.1, 0.15) is 5.38 Å². The van der Waals surface area contributed by atoms with Crippen LogP contribution in [0.5, 0.6) is 0 Å². The van der Waals surface area contributed by atoms with Crippen LogP contribution in [0.15, 0.2) is 0 Å². The summed E-state index contributed by atoms with van der Waals surface area (Å²) in [5.74, 6) is -0.111. The van der Waals surface area contributed by atoms with Crippen LogP contribution >= 0.6 is 11.6 Å². The Bertz CT molecular complexity index is 151. The first kappa shape index (κ1) is 13.7. The Hall–Kier alpha value is -0.280. The largest absolute Gasteiger partial charge is 0.381 e. The number of ether oxygens (including phenoxy) is 1. The molecule has 0 fully saturated rings. The fourth-order valence-corrected chi connectivity index (χ4v) is 0.952. The highest BCUT2D eigenvalue weighted by atomic mass is 35.5. The zero-order valence-electron chi connectivity index (χ0n) is 9.01. The Balaban J connectivity index is 3.10. The topological polar surface area (TPSA) is 38.3 Å². The minimum atomic E-state index is -0.448. The fraction of sp³-hybridized carbons (Fsp3) is 0.900. The van der Waals surface area contributed by atoms with Crippen molar-refractivity contribution in [3.05, 3.63) is 0 Å². The van der Waals surface area contributed by atoms with Crippen molar-refractivity contribution in [3.8, 4) is 0 Å². The molecule has 0 aromatic heterocycles. The van der Waals surface area contributed by atoms with Crippen molar-refractivity contribution in [2.24, 2.45) is 0 Å². The molecule has 0 spiro atoms. The normalized spacial score (nSPS) is 12.5. The van der Waals surface area contributed by atoms with E-state index < -0.39 is 5.38 Å². The van der Waals surface area contributed by atoms with Gasteiger partial charge < -0.3 is 10.1 Å². The van der Waals surface area contributed by atoms with Crippen LogP contribution in [0.25, 0.3) is 0 Å². The first-order valence-electron chi connectivity index (χ1n) is 5.18. The summed E-state index contributed by atoms with van der Waals surface area (Å²) < 4.78 is 5.33. The summed E-state index contributed by atoms with van der Waals surface area (Å²) in [4.78, 5) is 11.0. The van der Waals surface area contributed by atoms with Crippen molar-refractivity contribution in [2.45, 2.75) is 38.5 Å². The smallest absolute Gasteiger partial charge is 0.237 e. The highest BCUT2D eigenvalue weighted by Crippen LogP contribution is 1.93. The van der Waals surface area contributed by atoms with Crippen molar-refractivity contribution in [3.63, 3.8) is 0 Å². The Labute approximate surface area is 91.2 Å². The molecule has 0 heterocycles. The van der Waals surface area contributed by atoms with Crippen molar-refractivity contribution >= 4 is 17.5 Å². The molecule has 3 nitrogen and oxygen atoms in total. The van der Waals surface area contributed by atoms with E-state index in [4.69, 9.17) is 16.3 Å². The van der Waals surface area contributed by atoms with E-state index in [0.717, 1.165) is 25.9 Å². The summed E-state index contributed by atoms with van der Waals surface area (Å²) >= 11 is 5.57. The van der Waals surface area contributed by atoms with Crippen molar-refractivity contribution in [1.82, 2.24) is 5.32 Å². The van der Waals surface area contributed by atoms with E-state index in [1.165, 1.54) is 0 Å². The minimum absolute atomic E-state index is 0.111. The number of carbonyl (C=O) groups is 1. The summed E-state index contributed by atoms with van der Waals surface area (Å²) in [6, 6.07) is 0. The summed E-state index contributed by atoms with van der Waals surface area (Å²) in [5.41, 5.74) is 0. The van der Waals surface area contributed by atoms with Crippen molar-refractivity contribution in [2.75, 3.05) is 19.8 Å². The van der Waals surface area contributed by atoms with Gasteiger partial charge in [-0.15, -0.1) is 11.6 Å². The molecule has 0 aliphatic carbocycles. The molecular formula is C10H20ClNO2. The van der Waals surface area contributed by atoms with Gasteiger partial charge in [0, 0.05) is 19.8 Å². The van der Waals surface area contributed by atoms with Gasteiger partial charge in [-0.3, -0.25) is 4.79 Å². The Kier molecular flexibility index (Phi) is 9.10. The molecule has 0 rings (SSSR count). The second-order valence-electron chi connectivity index (χ2n) is 3.23. The molecule has 0 bridgehead atoms. The molecule has 1 N–H and O–H groups in total. The standard InChI is InChI=1S/C10H20ClNO2/c1-3-4-7-14-8-5-6-12-10(13)9(2)11/h9H,3-8H2,1-2H3,(H,12,13)/t9-/m0/s1. The average molecular weight is 222 g/mol. The lowest BCUT2D eigenvalue weighted by Gasteiger charge is -2.06. The lowest BCUT2D eigenvalue weighted by atomic mass is 10.3. The molecule has 0 aliphatic rings. The van der Waals surface area contributed by atoms with Gasteiger partial charge >= 0.3 is 0 Å². The number of hydrogen-bond donors (Lipinski definition) is 1. The Morgan fingerprint density at radius 3 is 2.64 bits per heavy atom. The van der Waals surface area contributed by atoms with E-state index >= 15 is 0 Å². The van der Waals surface area contributed by atoms with E-state index in [0.29, 0.717) is 13.2 Å². The van der Waals surface area contributed by atoms with Crippen LogP contribution in [-0.4, -0.2) is 31.0 Å². The molecule has 0 aromatic rings. The second kappa shape index (κ2) is 9.28. The molecule has 1 atom stereocenters. The predicted molar refractivity (Wildman–Crippen MR) is 58.7 cm³/mol. The van der Waals surface area contributed by atoms with E-state index in [1.54, 1.807) is 6.92 Å². The molecular weight excluding hydrogens is 202 g/mol. The third-order valence-corrected chi connectivity index (χ3v) is 1.97. The maximum atomic E-state index is 11.0. The van der Waals surface area contributed by atoms with Gasteiger partial charge in [0.2, 0.25) is 5.91 Å². The summed E-state index contributed by atoms with van der Waals surface area (Å²) in [6.07, 6.45) is 3.10. The number of rotatable bonds is 8. The SMILES string of the molecule is CCCCOCCCNC(=O)[C@H](C)Cl. The quantitative estimate of drug-likeness (QED) is 0.503. The van der Waals surface area contributed by atoms with Gasteiger partial charge in [0.25, 0.3) is 0 Å². The van der Waals surface area contributed by atoms with Crippen LogP contribution in [0.2, 0.25) is 0 Å². The summed E-state index contributed by atoms with van der Waals surface area (Å²) in [7, 11) is 0. The number of nitrogens with one attached hydrogen (secondary N) is 1. The number of carbonyl (C=O) groups excluding carboxylic acids is 1. The number of unbranched alkanes of at least 4 members (excludes halogenated alkanes) is 1. The zero-order valence-corrected chi connectivity index (χ0v) is 9.77. The van der Waals surface area contributed by atoms with Gasteiger partial charge in [0.05, 0.1) is 0 Å². The van der Waals surface area contributed by atoms with Crippen LogP contribution in [-0.2, 0) is 9.53 Å². The van der Waals surface area contributed by atoms with E-state index in [9.17, 15) is 4.79 Å². The van der Waals surface area contributed by atoms with Gasteiger partial charge in [0.15, 0.2) is 0 Å². The third kappa shape index (κ3) is 8.32. The number of amides is 1. The molecule has 0 aliphatic heterocycles. The van der Waals surface area contributed by atoms with E-state index in [-0.39, 0.29) is 5.91 Å². The van der Waals surface area contributed by atoms with Gasteiger partial charge in [-0.1, -0.05) is 13.3 Å². The predicted octanol–water partition coefficient (Wildman–Crippen LogP) is 1.94. The molecule has 4 heteroatoms. The fourth-order valence-electron chi connectivity index (χ4n) is 0.875. The maximum Gasteiger partial charge on any atom is 0.237 e. The zero-order chi connectivity index (χ0) is 10.8. The summed E-state index contributed by atoms with van der Waals surface area (Å²) in [6.45, 7) is 5.95. The highest BCUT2D eigenvalue weighted by Gasteiger charge is 2.06.